The molecule has 1 saturated carbocycles. The summed E-state index contributed by atoms with van der Waals surface area (Å²) >= 11 is 0. The highest BCUT2D eigenvalue weighted by Gasteiger charge is 2.35. The molecule has 2 unspecified atom stereocenters. The molecule has 0 heterocycles. The average Bonchev–Trinajstić information content (AvgIpc) is 2.13. The van der Waals surface area contributed by atoms with Crippen LogP contribution in [0, 0.1) is 5.92 Å². The third-order valence-corrected chi connectivity index (χ3v) is 2.43. The zero-order valence-electron chi connectivity index (χ0n) is 6.28. The van der Waals surface area contributed by atoms with E-state index in [0.29, 0.717) is 12.3 Å². The van der Waals surface area contributed by atoms with Crippen LogP contribution in [0.25, 0.3) is 0 Å². The summed E-state index contributed by atoms with van der Waals surface area (Å²) in [5, 5.41) is 0. The molecule has 0 bridgehead atoms. The summed E-state index contributed by atoms with van der Waals surface area (Å²) in [5.41, 5.74) is -0.792. The number of hydrogen-bond acceptors (Lipinski definition) is 0. The van der Waals surface area contributed by atoms with Crippen molar-refractivity contribution >= 4 is 0 Å². The van der Waals surface area contributed by atoms with Crippen LogP contribution in [-0.4, -0.2) is 5.67 Å². The van der Waals surface area contributed by atoms with Gasteiger partial charge in [-0.1, -0.05) is 13.8 Å². The van der Waals surface area contributed by atoms with Crippen molar-refractivity contribution in [2.24, 2.45) is 5.92 Å². The second-order valence-corrected chi connectivity index (χ2v) is 3.35. The van der Waals surface area contributed by atoms with Crippen molar-refractivity contribution in [3.63, 3.8) is 0 Å². The summed E-state index contributed by atoms with van der Waals surface area (Å²) < 4.78 is 13.3. The fourth-order valence-electron chi connectivity index (χ4n) is 1.65. The van der Waals surface area contributed by atoms with Crippen molar-refractivity contribution in [1.82, 2.24) is 0 Å². The van der Waals surface area contributed by atoms with Gasteiger partial charge in [-0.25, -0.2) is 4.39 Å². The van der Waals surface area contributed by atoms with Gasteiger partial charge in [0.1, 0.15) is 5.67 Å². The lowest BCUT2D eigenvalue weighted by atomic mass is 10.0. The molecule has 0 saturated heterocycles. The number of halogens is 1. The zero-order valence-corrected chi connectivity index (χ0v) is 6.28. The molecule has 0 aliphatic heterocycles. The maximum absolute atomic E-state index is 13.3. The van der Waals surface area contributed by atoms with Gasteiger partial charge in [-0.3, -0.25) is 0 Å². The van der Waals surface area contributed by atoms with Gasteiger partial charge < -0.3 is 0 Å². The standard InChI is InChI=1S/C8H15F/c1-3-8(9)5-4-7(2)6-8/h7H,3-6H2,1-2H3. The Balaban J connectivity index is 2.45. The van der Waals surface area contributed by atoms with Crippen LogP contribution in [0.5, 0.6) is 0 Å². The van der Waals surface area contributed by atoms with E-state index in [1.165, 1.54) is 0 Å². The van der Waals surface area contributed by atoms with Gasteiger partial charge in [0.15, 0.2) is 0 Å². The van der Waals surface area contributed by atoms with E-state index in [4.69, 9.17) is 0 Å². The van der Waals surface area contributed by atoms with Crippen molar-refractivity contribution in [3.05, 3.63) is 0 Å². The lowest BCUT2D eigenvalue weighted by Gasteiger charge is -2.15. The predicted molar refractivity (Wildman–Crippen MR) is 37.1 cm³/mol. The molecule has 0 aromatic carbocycles. The molecule has 0 spiro atoms. The summed E-state index contributed by atoms with van der Waals surface area (Å²) in [6.07, 6.45) is 3.38. The van der Waals surface area contributed by atoms with Gasteiger partial charge in [0.25, 0.3) is 0 Å². The van der Waals surface area contributed by atoms with Gasteiger partial charge in [0.2, 0.25) is 0 Å². The molecule has 1 aliphatic carbocycles. The van der Waals surface area contributed by atoms with Crippen LogP contribution < -0.4 is 0 Å². The van der Waals surface area contributed by atoms with E-state index in [-0.39, 0.29) is 0 Å². The fraction of sp³-hybridized carbons (Fsp3) is 1.00. The van der Waals surface area contributed by atoms with Crippen LogP contribution in [0.2, 0.25) is 0 Å². The Morgan fingerprint density at radius 3 is 2.56 bits per heavy atom. The van der Waals surface area contributed by atoms with Crippen LogP contribution in [0.3, 0.4) is 0 Å². The molecule has 9 heavy (non-hydrogen) atoms. The van der Waals surface area contributed by atoms with Gasteiger partial charge in [-0.15, -0.1) is 0 Å². The van der Waals surface area contributed by atoms with Crippen LogP contribution in [0.4, 0.5) is 4.39 Å². The van der Waals surface area contributed by atoms with Crippen molar-refractivity contribution in [2.75, 3.05) is 0 Å². The first kappa shape index (κ1) is 7.04. The highest BCUT2D eigenvalue weighted by Crippen LogP contribution is 2.39. The Hall–Kier alpha value is -0.0700. The summed E-state index contributed by atoms with van der Waals surface area (Å²) in [6, 6.07) is 0. The normalized spacial score (nSPS) is 43.7. The van der Waals surface area contributed by atoms with E-state index in [9.17, 15) is 4.39 Å². The minimum Gasteiger partial charge on any atom is -0.244 e. The molecule has 0 N–H and O–H groups in total. The molecule has 0 amide bonds. The second-order valence-electron chi connectivity index (χ2n) is 3.35. The summed E-state index contributed by atoms with van der Waals surface area (Å²) in [6.45, 7) is 4.08. The summed E-state index contributed by atoms with van der Waals surface area (Å²) in [4.78, 5) is 0. The van der Waals surface area contributed by atoms with Gasteiger partial charge in [0.05, 0.1) is 0 Å². The molecule has 54 valence electrons. The Morgan fingerprint density at radius 1 is 1.67 bits per heavy atom. The maximum Gasteiger partial charge on any atom is 0.111 e. The van der Waals surface area contributed by atoms with Crippen LogP contribution in [0.15, 0.2) is 0 Å². The molecule has 1 rings (SSSR count). The predicted octanol–water partition coefficient (Wildman–Crippen LogP) is 2.92. The topological polar surface area (TPSA) is 0 Å². The molecular weight excluding hydrogens is 115 g/mol. The van der Waals surface area contributed by atoms with Gasteiger partial charge >= 0.3 is 0 Å². The number of hydrogen-bond donors (Lipinski definition) is 0. The molecule has 1 aliphatic rings. The van der Waals surface area contributed by atoms with Gasteiger partial charge in [-0.05, 0) is 31.6 Å². The van der Waals surface area contributed by atoms with Crippen molar-refractivity contribution in [1.29, 1.82) is 0 Å². The molecule has 2 atom stereocenters. The van der Waals surface area contributed by atoms with Crippen molar-refractivity contribution < 1.29 is 4.39 Å². The molecule has 0 aromatic heterocycles. The van der Waals surface area contributed by atoms with E-state index >= 15 is 0 Å². The number of alkyl halides is 1. The van der Waals surface area contributed by atoms with Crippen molar-refractivity contribution in [3.8, 4) is 0 Å². The van der Waals surface area contributed by atoms with E-state index in [0.717, 1.165) is 19.3 Å². The van der Waals surface area contributed by atoms with Crippen LogP contribution in [0.1, 0.15) is 39.5 Å². The van der Waals surface area contributed by atoms with Gasteiger partial charge in [0, 0.05) is 0 Å². The first-order chi connectivity index (χ1) is 4.16. The molecular formula is C8H15F. The Morgan fingerprint density at radius 2 is 2.33 bits per heavy atom. The van der Waals surface area contributed by atoms with Crippen LogP contribution in [-0.2, 0) is 0 Å². The molecule has 0 aromatic rings. The lowest BCUT2D eigenvalue weighted by molar-refractivity contribution is 0.161. The third-order valence-electron chi connectivity index (χ3n) is 2.43. The summed E-state index contributed by atoms with van der Waals surface area (Å²) in [5.74, 6) is 0.620. The second kappa shape index (κ2) is 2.28. The smallest absolute Gasteiger partial charge is 0.111 e. The minimum absolute atomic E-state index is 0.620. The lowest BCUT2D eigenvalue weighted by Crippen LogP contribution is -2.15. The highest BCUT2D eigenvalue weighted by atomic mass is 19.1. The molecule has 0 radical (unpaired) electrons. The monoisotopic (exact) mass is 130 g/mol. The summed E-state index contributed by atoms with van der Waals surface area (Å²) in [7, 11) is 0. The largest absolute Gasteiger partial charge is 0.244 e. The average molecular weight is 130 g/mol. The Kier molecular flexibility index (Phi) is 1.78. The van der Waals surface area contributed by atoms with E-state index in [1.54, 1.807) is 0 Å². The van der Waals surface area contributed by atoms with E-state index in [1.807, 2.05) is 6.92 Å². The quantitative estimate of drug-likeness (QED) is 0.512. The fourth-order valence-corrected chi connectivity index (χ4v) is 1.65. The minimum atomic E-state index is -0.792. The SMILES string of the molecule is CCC1(F)CCC(C)C1. The molecule has 1 heteroatoms. The Bertz CT molecular complexity index is 101. The van der Waals surface area contributed by atoms with Crippen molar-refractivity contribution in [2.45, 2.75) is 45.2 Å². The number of rotatable bonds is 1. The van der Waals surface area contributed by atoms with Gasteiger partial charge in [-0.2, -0.15) is 0 Å². The van der Waals surface area contributed by atoms with E-state index in [2.05, 4.69) is 6.92 Å². The molecule has 1 fully saturated rings. The molecule has 0 nitrogen and oxygen atoms in total. The third kappa shape index (κ3) is 1.44. The Labute approximate surface area is 56.5 Å². The first-order valence-corrected chi connectivity index (χ1v) is 3.85. The maximum atomic E-state index is 13.3. The first-order valence-electron chi connectivity index (χ1n) is 3.85. The van der Waals surface area contributed by atoms with E-state index < -0.39 is 5.67 Å². The van der Waals surface area contributed by atoms with Crippen LogP contribution >= 0.6 is 0 Å². The highest BCUT2D eigenvalue weighted by molar-refractivity contribution is 4.86. The zero-order chi connectivity index (χ0) is 6.91.